The van der Waals surface area contributed by atoms with Crippen LogP contribution in [0.1, 0.15) is 32.6 Å². The zero-order valence-electron chi connectivity index (χ0n) is 8.94. The van der Waals surface area contributed by atoms with Gasteiger partial charge in [0.05, 0.1) is 6.26 Å². The minimum atomic E-state index is 0.0650. The number of allylic oxidation sites excluding steroid dienone is 2. The summed E-state index contributed by atoms with van der Waals surface area (Å²) < 4.78 is 5.53. The molecule has 1 aliphatic heterocycles. The Morgan fingerprint density at radius 1 is 1.53 bits per heavy atom. The Kier molecular flexibility index (Phi) is 3.19. The van der Waals surface area contributed by atoms with Crippen molar-refractivity contribution in [3.05, 3.63) is 24.5 Å². The van der Waals surface area contributed by atoms with E-state index in [2.05, 4.69) is 6.92 Å². The Morgan fingerprint density at radius 2 is 2.40 bits per heavy atom. The van der Waals surface area contributed by atoms with E-state index in [1.54, 1.807) is 18.0 Å². The quantitative estimate of drug-likeness (QED) is 0.721. The van der Waals surface area contributed by atoms with Gasteiger partial charge in [0.1, 0.15) is 5.78 Å². The molecule has 1 aliphatic carbocycles. The second kappa shape index (κ2) is 4.44. The number of hydrogen-bond acceptors (Lipinski definition) is 3. The summed E-state index contributed by atoms with van der Waals surface area (Å²) >= 11 is 1.77. The molecular formula is C12H16O2S. The third kappa shape index (κ3) is 2.88. The molecule has 0 N–H and O–H groups in total. The standard InChI is InChI=1S/C12H16O2S/c1-12(7-4-5-10(13)9-12)15-11-6-2-3-8-14-11/h2-3,6,8,11H,4-5,7,9H2,1H3. The Morgan fingerprint density at radius 3 is 3.07 bits per heavy atom. The lowest BCUT2D eigenvalue weighted by molar-refractivity contribution is -0.120. The molecule has 2 nitrogen and oxygen atoms in total. The number of carbonyl (C=O) groups excluding carboxylic acids is 1. The Balaban J connectivity index is 1.94. The Hall–Kier alpha value is -0.700. The summed E-state index contributed by atoms with van der Waals surface area (Å²) in [5, 5.41) is 0. The molecule has 2 unspecified atom stereocenters. The van der Waals surface area contributed by atoms with E-state index in [4.69, 9.17) is 4.74 Å². The summed E-state index contributed by atoms with van der Waals surface area (Å²) in [5.74, 6) is 0.395. The average Bonchev–Trinajstić information content (AvgIpc) is 2.18. The fourth-order valence-corrected chi connectivity index (χ4v) is 3.43. The lowest BCUT2D eigenvalue weighted by atomic mass is 9.89. The first-order valence-electron chi connectivity index (χ1n) is 5.36. The zero-order valence-corrected chi connectivity index (χ0v) is 9.76. The highest BCUT2D eigenvalue weighted by molar-refractivity contribution is 8.01. The van der Waals surface area contributed by atoms with E-state index >= 15 is 0 Å². The topological polar surface area (TPSA) is 26.3 Å². The minimum Gasteiger partial charge on any atom is -0.483 e. The van der Waals surface area contributed by atoms with E-state index in [1.165, 1.54) is 0 Å². The monoisotopic (exact) mass is 224 g/mol. The van der Waals surface area contributed by atoms with Crippen LogP contribution in [0.25, 0.3) is 0 Å². The van der Waals surface area contributed by atoms with Crippen LogP contribution in [0.2, 0.25) is 0 Å². The molecule has 0 aromatic carbocycles. The number of ether oxygens (including phenoxy) is 1. The third-order valence-corrected chi connectivity index (χ3v) is 4.22. The Bertz CT molecular complexity index is 309. The molecule has 1 saturated carbocycles. The van der Waals surface area contributed by atoms with E-state index in [9.17, 15) is 4.79 Å². The number of ketones is 1. The molecule has 0 bridgehead atoms. The van der Waals surface area contributed by atoms with Crippen molar-refractivity contribution in [3.8, 4) is 0 Å². The number of hydrogen-bond donors (Lipinski definition) is 0. The number of Topliss-reactive ketones (excluding diaryl/α,β-unsaturated/α-hetero) is 1. The molecule has 0 aromatic heterocycles. The van der Waals surface area contributed by atoms with Gasteiger partial charge in [0.15, 0.2) is 5.44 Å². The van der Waals surface area contributed by atoms with Crippen LogP contribution in [0.3, 0.4) is 0 Å². The molecule has 0 amide bonds. The van der Waals surface area contributed by atoms with Crippen molar-refractivity contribution in [2.75, 3.05) is 0 Å². The van der Waals surface area contributed by atoms with Crippen molar-refractivity contribution in [2.45, 2.75) is 42.8 Å². The lowest BCUT2D eigenvalue weighted by Gasteiger charge is -2.34. The van der Waals surface area contributed by atoms with Crippen LogP contribution in [0.15, 0.2) is 24.5 Å². The van der Waals surface area contributed by atoms with Gasteiger partial charge in [-0.05, 0) is 31.9 Å². The molecule has 2 atom stereocenters. The summed E-state index contributed by atoms with van der Waals surface area (Å²) in [7, 11) is 0. The van der Waals surface area contributed by atoms with Crippen LogP contribution >= 0.6 is 11.8 Å². The van der Waals surface area contributed by atoms with Crippen LogP contribution in [-0.4, -0.2) is 16.0 Å². The lowest BCUT2D eigenvalue weighted by Crippen LogP contribution is -2.31. The summed E-state index contributed by atoms with van der Waals surface area (Å²) in [5.41, 5.74) is 0.0749. The van der Waals surface area contributed by atoms with Gasteiger partial charge in [0, 0.05) is 17.6 Å². The Labute approximate surface area is 94.8 Å². The van der Waals surface area contributed by atoms with E-state index < -0.39 is 0 Å². The molecule has 2 rings (SSSR count). The molecule has 3 heteroatoms. The summed E-state index contributed by atoms with van der Waals surface area (Å²) in [6.07, 6.45) is 11.2. The molecule has 0 radical (unpaired) electrons. The van der Waals surface area contributed by atoms with Crippen molar-refractivity contribution < 1.29 is 9.53 Å². The second-order valence-corrected chi connectivity index (χ2v) is 6.04. The predicted octanol–water partition coefficient (Wildman–Crippen LogP) is 3.05. The van der Waals surface area contributed by atoms with Gasteiger partial charge in [0.2, 0.25) is 0 Å². The average molecular weight is 224 g/mol. The van der Waals surface area contributed by atoms with Gasteiger partial charge >= 0.3 is 0 Å². The van der Waals surface area contributed by atoms with Crippen LogP contribution in [0, 0.1) is 0 Å². The van der Waals surface area contributed by atoms with Gasteiger partial charge in [0.25, 0.3) is 0 Å². The SMILES string of the molecule is CC1(SC2C=CC=CO2)CCCC(=O)C1. The first-order chi connectivity index (χ1) is 7.18. The molecule has 0 aromatic rings. The van der Waals surface area contributed by atoms with Crippen LogP contribution in [0.4, 0.5) is 0 Å². The van der Waals surface area contributed by atoms with Gasteiger partial charge < -0.3 is 4.74 Å². The van der Waals surface area contributed by atoms with E-state index in [1.807, 2.05) is 18.2 Å². The van der Waals surface area contributed by atoms with Gasteiger partial charge in [-0.3, -0.25) is 4.79 Å². The third-order valence-electron chi connectivity index (χ3n) is 2.80. The number of carbonyl (C=O) groups is 1. The van der Waals surface area contributed by atoms with Crippen LogP contribution in [-0.2, 0) is 9.53 Å². The minimum absolute atomic E-state index is 0.0650. The molecule has 15 heavy (non-hydrogen) atoms. The van der Waals surface area contributed by atoms with E-state index in [0.29, 0.717) is 12.2 Å². The molecule has 2 aliphatic rings. The largest absolute Gasteiger partial charge is 0.483 e. The van der Waals surface area contributed by atoms with Crippen molar-refractivity contribution >= 4 is 17.5 Å². The maximum Gasteiger partial charge on any atom is 0.162 e. The van der Waals surface area contributed by atoms with Crippen LogP contribution < -0.4 is 0 Å². The van der Waals surface area contributed by atoms with Gasteiger partial charge in [-0.15, -0.1) is 11.8 Å². The van der Waals surface area contributed by atoms with Crippen molar-refractivity contribution in [1.29, 1.82) is 0 Å². The predicted molar refractivity (Wildman–Crippen MR) is 62.6 cm³/mol. The van der Waals surface area contributed by atoms with Crippen molar-refractivity contribution in [3.63, 3.8) is 0 Å². The smallest absolute Gasteiger partial charge is 0.162 e. The maximum atomic E-state index is 11.4. The molecule has 0 saturated heterocycles. The summed E-state index contributed by atoms with van der Waals surface area (Å²) in [4.78, 5) is 11.4. The maximum absolute atomic E-state index is 11.4. The van der Waals surface area contributed by atoms with Crippen LogP contribution in [0.5, 0.6) is 0 Å². The highest BCUT2D eigenvalue weighted by atomic mass is 32.2. The number of rotatable bonds is 2. The first-order valence-corrected chi connectivity index (χ1v) is 6.24. The fraction of sp³-hybridized carbons (Fsp3) is 0.583. The van der Waals surface area contributed by atoms with E-state index in [0.717, 1.165) is 19.3 Å². The van der Waals surface area contributed by atoms with Crippen molar-refractivity contribution in [2.24, 2.45) is 0 Å². The normalized spacial score (nSPS) is 35.3. The summed E-state index contributed by atoms with van der Waals surface area (Å²) in [6.45, 7) is 2.17. The molecule has 1 fully saturated rings. The first kappa shape index (κ1) is 10.8. The van der Waals surface area contributed by atoms with Gasteiger partial charge in [-0.1, -0.05) is 6.08 Å². The van der Waals surface area contributed by atoms with Gasteiger partial charge in [-0.2, -0.15) is 0 Å². The summed E-state index contributed by atoms with van der Waals surface area (Å²) in [6, 6.07) is 0. The number of thioether (sulfide) groups is 1. The molecule has 1 heterocycles. The fourth-order valence-electron chi connectivity index (χ4n) is 2.07. The molecule has 82 valence electrons. The van der Waals surface area contributed by atoms with E-state index in [-0.39, 0.29) is 10.2 Å². The zero-order chi connectivity index (χ0) is 10.7. The second-order valence-electron chi connectivity index (χ2n) is 4.35. The molecule has 0 spiro atoms. The highest BCUT2D eigenvalue weighted by Crippen LogP contribution is 2.41. The molecular weight excluding hydrogens is 208 g/mol. The van der Waals surface area contributed by atoms with Gasteiger partial charge in [-0.25, -0.2) is 0 Å². The van der Waals surface area contributed by atoms with Crippen molar-refractivity contribution in [1.82, 2.24) is 0 Å². The highest BCUT2D eigenvalue weighted by Gasteiger charge is 2.34.